The summed E-state index contributed by atoms with van der Waals surface area (Å²) < 4.78 is 18.8. The van der Waals surface area contributed by atoms with E-state index >= 15 is 0 Å². The van der Waals surface area contributed by atoms with Crippen molar-refractivity contribution in [3.05, 3.63) is 35.1 Å². The highest BCUT2D eigenvalue weighted by atomic mass is 19.1. The molecule has 1 saturated carbocycles. The molecule has 0 aliphatic heterocycles. The molecule has 0 atom stereocenters. The van der Waals surface area contributed by atoms with E-state index in [0.717, 1.165) is 31.6 Å². The summed E-state index contributed by atoms with van der Waals surface area (Å²) in [6.45, 7) is 5.34. The van der Waals surface area contributed by atoms with Crippen LogP contribution in [0.2, 0.25) is 0 Å². The minimum absolute atomic E-state index is 0.120. The van der Waals surface area contributed by atoms with Gasteiger partial charge in [0.25, 0.3) is 0 Å². The summed E-state index contributed by atoms with van der Waals surface area (Å²) in [5.41, 5.74) is 1.71. The third-order valence-corrected chi connectivity index (χ3v) is 3.33. The van der Waals surface area contributed by atoms with Crippen molar-refractivity contribution in [2.45, 2.75) is 45.4 Å². The number of halogens is 1. The maximum atomic E-state index is 13.3. The molecule has 1 aliphatic carbocycles. The molecule has 1 aliphatic rings. The molecular weight excluding hydrogens is 217 g/mol. The predicted molar refractivity (Wildman–Crippen MR) is 66.4 cm³/mol. The number of nitrogens with one attached hydrogen (secondary N) is 1. The fourth-order valence-corrected chi connectivity index (χ4v) is 2.11. The van der Waals surface area contributed by atoms with Crippen molar-refractivity contribution in [1.82, 2.24) is 5.32 Å². The lowest BCUT2D eigenvalue weighted by Crippen LogP contribution is -2.45. The number of hydrogen-bond donors (Lipinski definition) is 1. The van der Waals surface area contributed by atoms with Crippen molar-refractivity contribution in [1.29, 1.82) is 0 Å². The largest absolute Gasteiger partial charge is 0.378 e. The van der Waals surface area contributed by atoms with Crippen LogP contribution in [0.25, 0.3) is 0 Å². The molecule has 0 radical (unpaired) electrons. The number of aryl methyl sites for hydroxylation is 1. The minimum atomic E-state index is -0.120. The molecule has 0 amide bonds. The highest BCUT2D eigenvalue weighted by Crippen LogP contribution is 2.23. The summed E-state index contributed by atoms with van der Waals surface area (Å²) in [5, 5.41) is 3.42. The first-order valence-corrected chi connectivity index (χ1v) is 6.29. The van der Waals surface area contributed by atoms with Gasteiger partial charge in [0.05, 0.1) is 6.10 Å². The second-order valence-electron chi connectivity index (χ2n) is 4.71. The van der Waals surface area contributed by atoms with Crippen molar-refractivity contribution in [2.24, 2.45) is 0 Å². The van der Waals surface area contributed by atoms with E-state index < -0.39 is 0 Å². The van der Waals surface area contributed by atoms with Crippen molar-refractivity contribution < 1.29 is 9.13 Å². The van der Waals surface area contributed by atoms with Crippen LogP contribution in [-0.2, 0) is 11.3 Å². The maximum Gasteiger partial charge on any atom is 0.126 e. The zero-order chi connectivity index (χ0) is 12.3. The van der Waals surface area contributed by atoms with Crippen LogP contribution in [0.4, 0.5) is 4.39 Å². The first-order valence-electron chi connectivity index (χ1n) is 6.29. The first kappa shape index (κ1) is 12.5. The topological polar surface area (TPSA) is 21.3 Å². The van der Waals surface area contributed by atoms with Gasteiger partial charge in [-0.05, 0) is 43.9 Å². The van der Waals surface area contributed by atoms with E-state index in [-0.39, 0.29) is 5.82 Å². The zero-order valence-electron chi connectivity index (χ0n) is 10.5. The van der Waals surface area contributed by atoms with Gasteiger partial charge in [-0.1, -0.05) is 12.1 Å². The van der Waals surface area contributed by atoms with E-state index in [1.807, 2.05) is 19.1 Å². The maximum absolute atomic E-state index is 13.3. The smallest absolute Gasteiger partial charge is 0.126 e. The van der Waals surface area contributed by atoms with Crippen molar-refractivity contribution in [3.63, 3.8) is 0 Å². The fourth-order valence-electron chi connectivity index (χ4n) is 2.11. The van der Waals surface area contributed by atoms with E-state index in [1.54, 1.807) is 13.0 Å². The molecule has 1 N–H and O–H groups in total. The van der Waals surface area contributed by atoms with E-state index in [1.165, 1.54) is 0 Å². The molecule has 0 heterocycles. The van der Waals surface area contributed by atoms with Gasteiger partial charge in [0.2, 0.25) is 0 Å². The van der Waals surface area contributed by atoms with Crippen LogP contribution in [-0.4, -0.2) is 18.8 Å². The lowest BCUT2D eigenvalue weighted by atomic mass is 9.89. The monoisotopic (exact) mass is 237 g/mol. The number of rotatable bonds is 5. The van der Waals surface area contributed by atoms with Crippen molar-refractivity contribution >= 4 is 0 Å². The molecule has 0 saturated heterocycles. The zero-order valence-corrected chi connectivity index (χ0v) is 10.5. The van der Waals surface area contributed by atoms with Crippen LogP contribution in [0.15, 0.2) is 18.2 Å². The van der Waals surface area contributed by atoms with Gasteiger partial charge in [0.15, 0.2) is 0 Å². The molecule has 1 aromatic carbocycles. The Hall–Kier alpha value is -0.930. The molecule has 0 aromatic heterocycles. The Morgan fingerprint density at radius 1 is 1.41 bits per heavy atom. The third-order valence-electron chi connectivity index (χ3n) is 3.33. The highest BCUT2D eigenvalue weighted by molar-refractivity contribution is 5.23. The minimum Gasteiger partial charge on any atom is -0.378 e. The second kappa shape index (κ2) is 5.61. The standard InChI is InChI=1S/C14H20FNO/c1-3-17-13-7-12(8-13)16-9-11-5-4-10(2)14(15)6-11/h4-6,12-13,16H,3,7-9H2,1-2H3. The molecule has 2 rings (SSSR count). The lowest BCUT2D eigenvalue weighted by molar-refractivity contribution is -0.0102. The van der Waals surface area contributed by atoms with Gasteiger partial charge >= 0.3 is 0 Å². The van der Waals surface area contributed by atoms with Crippen LogP contribution >= 0.6 is 0 Å². The highest BCUT2D eigenvalue weighted by Gasteiger charge is 2.28. The molecule has 1 fully saturated rings. The van der Waals surface area contributed by atoms with Gasteiger partial charge in [0, 0.05) is 19.2 Å². The van der Waals surface area contributed by atoms with Crippen LogP contribution in [0, 0.1) is 12.7 Å². The summed E-state index contributed by atoms with van der Waals surface area (Å²) in [7, 11) is 0. The average molecular weight is 237 g/mol. The van der Waals surface area contributed by atoms with E-state index in [9.17, 15) is 4.39 Å². The third kappa shape index (κ3) is 3.27. The Labute approximate surface area is 102 Å². The Morgan fingerprint density at radius 3 is 2.82 bits per heavy atom. The summed E-state index contributed by atoms with van der Waals surface area (Å²) in [5.74, 6) is -0.120. The van der Waals surface area contributed by atoms with Gasteiger partial charge in [-0.2, -0.15) is 0 Å². The quantitative estimate of drug-likeness (QED) is 0.850. The normalized spacial score (nSPS) is 23.5. The van der Waals surface area contributed by atoms with E-state index in [0.29, 0.717) is 17.7 Å². The first-order chi connectivity index (χ1) is 8.19. The molecule has 1 aromatic rings. The van der Waals surface area contributed by atoms with Gasteiger partial charge < -0.3 is 10.1 Å². The fraction of sp³-hybridized carbons (Fsp3) is 0.571. The van der Waals surface area contributed by atoms with Gasteiger partial charge in [-0.3, -0.25) is 0 Å². The SMILES string of the molecule is CCOC1CC(NCc2ccc(C)c(F)c2)C1. The van der Waals surface area contributed by atoms with Crippen LogP contribution < -0.4 is 5.32 Å². The van der Waals surface area contributed by atoms with E-state index in [2.05, 4.69) is 5.32 Å². The molecule has 0 bridgehead atoms. The Morgan fingerprint density at radius 2 is 2.18 bits per heavy atom. The Bertz CT molecular complexity index is 374. The Kier molecular flexibility index (Phi) is 4.13. The molecule has 0 unspecified atom stereocenters. The van der Waals surface area contributed by atoms with Gasteiger partial charge in [0.1, 0.15) is 5.82 Å². The molecule has 3 heteroatoms. The number of hydrogen-bond acceptors (Lipinski definition) is 2. The molecular formula is C14H20FNO. The van der Waals surface area contributed by atoms with Crippen LogP contribution in [0.3, 0.4) is 0 Å². The van der Waals surface area contributed by atoms with E-state index in [4.69, 9.17) is 4.74 Å². The molecule has 17 heavy (non-hydrogen) atoms. The second-order valence-corrected chi connectivity index (χ2v) is 4.71. The van der Waals surface area contributed by atoms with Crippen molar-refractivity contribution in [3.8, 4) is 0 Å². The molecule has 94 valence electrons. The summed E-state index contributed by atoms with van der Waals surface area (Å²) in [6, 6.07) is 5.94. The number of benzene rings is 1. The Balaban J connectivity index is 1.74. The average Bonchev–Trinajstić information content (AvgIpc) is 2.26. The molecule has 0 spiro atoms. The predicted octanol–water partition coefficient (Wildman–Crippen LogP) is 2.79. The van der Waals surface area contributed by atoms with Gasteiger partial charge in [-0.15, -0.1) is 0 Å². The molecule has 2 nitrogen and oxygen atoms in total. The lowest BCUT2D eigenvalue weighted by Gasteiger charge is -2.35. The van der Waals surface area contributed by atoms with Gasteiger partial charge in [-0.25, -0.2) is 4.39 Å². The van der Waals surface area contributed by atoms with Crippen LogP contribution in [0.1, 0.15) is 30.9 Å². The van der Waals surface area contributed by atoms with Crippen LogP contribution in [0.5, 0.6) is 0 Å². The summed E-state index contributed by atoms with van der Waals surface area (Å²) in [4.78, 5) is 0. The number of ether oxygens (including phenoxy) is 1. The summed E-state index contributed by atoms with van der Waals surface area (Å²) in [6.07, 6.45) is 2.57. The summed E-state index contributed by atoms with van der Waals surface area (Å²) >= 11 is 0. The van der Waals surface area contributed by atoms with Crippen molar-refractivity contribution in [2.75, 3.05) is 6.61 Å².